The molecule has 2 N–H and O–H groups in total. The quantitative estimate of drug-likeness (QED) is 0.866. The highest BCUT2D eigenvalue weighted by Gasteiger charge is 2.21. The fourth-order valence-electron chi connectivity index (χ4n) is 1.95. The summed E-state index contributed by atoms with van der Waals surface area (Å²) >= 11 is 0. The average molecular weight is 233 g/mol. The van der Waals surface area contributed by atoms with Crippen LogP contribution in [0.1, 0.15) is 32.1 Å². The van der Waals surface area contributed by atoms with E-state index in [1.54, 1.807) is 7.11 Å². The topological polar surface area (TPSA) is 48.4 Å². The Morgan fingerprint density at radius 2 is 1.94 bits per heavy atom. The summed E-state index contributed by atoms with van der Waals surface area (Å²) in [4.78, 5) is 0. The largest absolute Gasteiger partial charge is 0.497 e. The summed E-state index contributed by atoms with van der Waals surface area (Å²) in [5, 5.41) is 1.05. The molecule has 0 amide bonds. The van der Waals surface area contributed by atoms with Crippen LogP contribution in [0.15, 0.2) is 22.6 Å². The Bertz CT molecular complexity index is 535. The molecule has 3 nitrogen and oxygen atoms in total. The summed E-state index contributed by atoms with van der Waals surface area (Å²) in [7, 11) is 1.68. The zero-order valence-electron chi connectivity index (χ0n) is 10.8. The normalized spacial score (nSPS) is 12.1. The molecule has 0 bridgehead atoms. The lowest BCUT2D eigenvalue weighted by molar-refractivity contribution is 0.413. The van der Waals surface area contributed by atoms with Crippen LogP contribution in [0.4, 0.5) is 0 Å². The number of furan rings is 1. The van der Waals surface area contributed by atoms with Gasteiger partial charge in [0, 0.05) is 10.9 Å². The first-order valence-corrected chi connectivity index (χ1v) is 5.76. The number of nitrogens with two attached hydrogens (primary N) is 1. The minimum Gasteiger partial charge on any atom is -0.497 e. The zero-order chi connectivity index (χ0) is 12.6. The van der Waals surface area contributed by atoms with Gasteiger partial charge in [0.1, 0.15) is 17.1 Å². The third-order valence-corrected chi connectivity index (χ3v) is 2.89. The summed E-state index contributed by atoms with van der Waals surface area (Å²) in [6.45, 7) is 6.89. The number of fused-ring (bicyclic) bond motifs is 1. The van der Waals surface area contributed by atoms with Crippen molar-refractivity contribution in [1.82, 2.24) is 0 Å². The first-order chi connectivity index (χ1) is 7.95. The average Bonchev–Trinajstić information content (AvgIpc) is 2.68. The van der Waals surface area contributed by atoms with E-state index < -0.39 is 0 Å². The van der Waals surface area contributed by atoms with E-state index >= 15 is 0 Å². The molecule has 0 aliphatic heterocycles. The number of hydrogen-bond acceptors (Lipinski definition) is 3. The second kappa shape index (κ2) is 4.08. The van der Waals surface area contributed by atoms with Gasteiger partial charge in [0.15, 0.2) is 0 Å². The third-order valence-electron chi connectivity index (χ3n) is 2.89. The van der Waals surface area contributed by atoms with Crippen molar-refractivity contribution in [3.05, 3.63) is 29.5 Å². The number of benzene rings is 1. The van der Waals surface area contributed by atoms with Crippen LogP contribution in [0.5, 0.6) is 5.75 Å². The molecular weight excluding hydrogens is 214 g/mol. The van der Waals surface area contributed by atoms with Gasteiger partial charge >= 0.3 is 0 Å². The Balaban J connectivity index is 2.74. The minimum atomic E-state index is 0.0104. The maximum absolute atomic E-state index is 5.79. The second-order valence-corrected chi connectivity index (χ2v) is 5.26. The molecular formula is C14H19NO2. The first kappa shape index (κ1) is 12.0. The predicted molar refractivity (Wildman–Crippen MR) is 69.4 cm³/mol. The van der Waals surface area contributed by atoms with Crippen LogP contribution >= 0.6 is 0 Å². The van der Waals surface area contributed by atoms with Crippen LogP contribution in [0.25, 0.3) is 11.0 Å². The summed E-state index contributed by atoms with van der Waals surface area (Å²) in [5.41, 5.74) is 7.69. The van der Waals surface area contributed by atoms with Gasteiger partial charge in [0.2, 0.25) is 0 Å². The van der Waals surface area contributed by atoms with Crippen LogP contribution in [0, 0.1) is 0 Å². The minimum absolute atomic E-state index is 0.0104. The highest BCUT2D eigenvalue weighted by Crippen LogP contribution is 2.35. The lowest BCUT2D eigenvalue weighted by atomic mass is 9.86. The van der Waals surface area contributed by atoms with E-state index in [0.29, 0.717) is 6.54 Å². The molecule has 1 aromatic heterocycles. The van der Waals surface area contributed by atoms with Crippen molar-refractivity contribution < 1.29 is 9.15 Å². The van der Waals surface area contributed by atoms with Crippen LogP contribution in [-0.4, -0.2) is 7.11 Å². The molecule has 0 aliphatic carbocycles. The maximum Gasteiger partial charge on any atom is 0.138 e. The Labute approximate surface area is 102 Å². The van der Waals surface area contributed by atoms with E-state index in [2.05, 4.69) is 20.8 Å². The smallest absolute Gasteiger partial charge is 0.138 e. The van der Waals surface area contributed by atoms with Crippen molar-refractivity contribution in [2.75, 3.05) is 7.11 Å². The number of ether oxygens (including phenoxy) is 1. The van der Waals surface area contributed by atoms with Gasteiger partial charge in [0.05, 0.1) is 13.7 Å². The van der Waals surface area contributed by atoms with Crippen LogP contribution in [0.2, 0.25) is 0 Å². The molecule has 0 fully saturated rings. The Morgan fingerprint density at radius 1 is 1.24 bits per heavy atom. The van der Waals surface area contributed by atoms with Crippen LogP contribution < -0.4 is 10.5 Å². The molecule has 0 radical (unpaired) electrons. The van der Waals surface area contributed by atoms with Crippen molar-refractivity contribution in [2.24, 2.45) is 5.73 Å². The van der Waals surface area contributed by atoms with E-state index in [0.717, 1.165) is 28.0 Å². The zero-order valence-corrected chi connectivity index (χ0v) is 10.8. The molecule has 0 saturated carbocycles. The van der Waals surface area contributed by atoms with E-state index in [4.69, 9.17) is 14.9 Å². The molecule has 1 aromatic carbocycles. The van der Waals surface area contributed by atoms with E-state index in [1.807, 2.05) is 18.2 Å². The van der Waals surface area contributed by atoms with Crippen LogP contribution in [-0.2, 0) is 12.0 Å². The molecule has 0 atom stereocenters. The van der Waals surface area contributed by atoms with Crippen molar-refractivity contribution in [3.8, 4) is 5.75 Å². The fourth-order valence-corrected chi connectivity index (χ4v) is 1.95. The van der Waals surface area contributed by atoms with Crippen molar-refractivity contribution in [2.45, 2.75) is 32.7 Å². The van der Waals surface area contributed by atoms with E-state index in [-0.39, 0.29) is 5.41 Å². The highest BCUT2D eigenvalue weighted by molar-refractivity contribution is 5.84. The molecule has 17 heavy (non-hydrogen) atoms. The second-order valence-electron chi connectivity index (χ2n) is 5.26. The fraction of sp³-hybridized carbons (Fsp3) is 0.429. The maximum atomic E-state index is 5.79. The summed E-state index contributed by atoms with van der Waals surface area (Å²) in [5.74, 6) is 1.66. The van der Waals surface area contributed by atoms with Gasteiger partial charge in [-0.15, -0.1) is 0 Å². The lowest BCUT2D eigenvalue weighted by Crippen LogP contribution is -2.11. The van der Waals surface area contributed by atoms with Crippen LogP contribution in [0.3, 0.4) is 0 Å². The van der Waals surface area contributed by atoms with Gasteiger partial charge in [0.25, 0.3) is 0 Å². The van der Waals surface area contributed by atoms with Gasteiger partial charge in [-0.25, -0.2) is 0 Å². The van der Waals surface area contributed by atoms with Crippen molar-refractivity contribution >= 4 is 11.0 Å². The molecule has 2 aromatic rings. The summed E-state index contributed by atoms with van der Waals surface area (Å²) < 4.78 is 11.1. The third kappa shape index (κ3) is 2.15. The Hall–Kier alpha value is -1.48. The Kier molecular flexibility index (Phi) is 2.87. The number of hydrogen-bond donors (Lipinski definition) is 1. The van der Waals surface area contributed by atoms with Gasteiger partial charge in [-0.1, -0.05) is 20.8 Å². The van der Waals surface area contributed by atoms with Gasteiger partial charge in [-0.2, -0.15) is 0 Å². The predicted octanol–water partition coefficient (Wildman–Crippen LogP) is 3.20. The molecule has 0 unspecified atom stereocenters. The lowest BCUT2D eigenvalue weighted by Gasteiger charge is -2.20. The molecule has 0 spiro atoms. The van der Waals surface area contributed by atoms with Crippen molar-refractivity contribution in [3.63, 3.8) is 0 Å². The standard InChI is InChI=1S/C14H19NO2/c1-14(2,3)12-7-10(16-4)5-9-6-11(8-15)17-13(9)12/h5-7H,8,15H2,1-4H3. The molecule has 0 aliphatic rings. The molecule has 3 heteroatoms. The Morgan fingerprint density at radius 3 is 2.47 bits per heavy atom. The SMILES string of the molecule is COc1cc(C(C)(C)C)c2oc(CN)cc2c1. The summed E-state index contributed by atoms with van der Waals surface area (Å²) in [6, 6.07) is 5.99. The molecule has 1 heterocycles. The monoisotopic (exact) mass is 233 g/mol. The van der Waals surface area contributed by atoms with E-state index in [9.17, 15) is 0 Å². The highest BCUT2D eigenvalue weighted by atomic mass is 16.5. The van der Waals surface area contributed by atoms with Gasteiger partial charge in [-0.3, -0.25) is 0 Å². The molecule has 2 rings (SSSR count). The molecule has 0 saturated heterocycles. The first-order valence-electron chi connectivity index (χ1n) is 5.76. The molecule has 92 valence electrons. The van der Waals surface area contributed by atoms with E-state index in [1.165, 1.54) is 0 Å². The number of methoxy groups -OCH3 is 1. The summed E-state index contributed by atoms with van der Waals surface area (Å²) in [6.07, 6.45) is 0. The van der Waals surface area contributed by atoms with Crippen molar-refractivity contribution in [1.29, 1.82) is 0 Å². The van der Waals surface area contributed by atoms with Gasteiger partial charge in [-0.05, 0) is 23.6 Å². The number of rotatable bonds is 2. The van der Waals surface area contributed by atoms with Gasteiger partial charge < -0.3 is 14.9 Å².